The molecule has 0 aliphatic carbocycles. The highest BCUT2D eigenvalue weighted by atomic mass is 16.5. The summed E-state index contributed by atoms with van der Waals surface area (Å²) in [5.41, 5.74) is 13.9. The fourth-order valence-corrected chi connectivity index (χ4v) is 4.67. The van der Waals surface area contributed by atoms with Crippen molar-refractivity contribution in [3.05, 3.63) is 36.4 Å². The standard InChI is InChI=1S/C24H34N6O/c1-2-3-4-5-6-7-8-15-29-17-14-18-19(11-9-12-20(18)29)22-27-23(31-28-22)21-13-10-16-30(21)24(25)26/h9,11-12,14,17,21H,2-8,10,13,15-16H2,1H3,(H3,25,26)/p+1/t21-/m0/s1. The van der Waals surface area contributed by atoms with Gasteiger partial charge in [0, 0.05) is 29.2 Å². The van der Waals surface area contributed by atoms with Gasteiger partial charge in [-0.25, -0.2) is 0 Å². The summed E-state index contributed by atoms with van der Waals surface area (Å²) in [5, 5.41) is 5.44. The first-order valence-electron chi connectivity index (χ1n) is 11.8. The van der Waals surface area contributed by atoms with Gasteiger partial charge in [-0.1, -0.05) is 62.7 Å². The van der Waals surface area contributed by atoms with Crippen LogP contribution in [0.25, 0.3) is 22.3 Å². The number of rotatable bonds is 10. The van der Waals surface area contributed by atoms with Crippen LogP contribution in [-0.2, 0) is 6.54 Å². The van der Waals surface area contributed by atoms with Crippen LogP contribution in [0.15, 0.2) is 35.0 Å². The third-order valence-corrected chi connectivity index (χ3v) is 6.37. The maximum Gasteiger partial charge on any atom is 0.341 e. The number of hydrogen-bond donors (Lipinski definition) is 2. The van der Waals surface area contributed by atoms with Crippen molar-refractivity contribution in [1.29, 1.82) is 0 Å². The maximum atomic E-state index is 5.83. The number of guanidine groups is 1. The van der Waals surface area contributed by atoms with Gasteiger partial charge in [-0.2, -0.15) is 4.98 Å². The number of nitrogens with zero attached hydrogens (tertiary/aromatic N) is 4. The molecule has 0 saturated carbocycles. The van der Waals surface area contributed by atoms with E-state index in [9.17, 15) is 0 Å². The molecule has 0 spiro atoms. The minimum atomic E-state index is -0.0348. The Morgan fingerprint density at radius 3 is 2.74 bits per heavy atom. The average Bonchev–Trinajstić information content (AvgIpc) is 3.51. The lowest BCUT2D eigenvalue weighted by Gasteiger charge is -2.07. The second kappa shape index (κ2) is 9.98. The Bertz CT molecular complexity index is 1030. The van der Waals surface area contributed by atoms with Crippen LogP contribution in [0.5, 0.6) is 0 Å². The number of aromatic nitrogens is 3. The molecule has 1 fully saturated rings. The molecule has 0 unspecified atom stereocenters. The number of fused-ring (bicyclic) bond motifs is 1. The van der Waals surface area contributed by atoms with Gasteiger partial charge < -0.3 is 9.09 Å². The molecule has 1 saturated heterocycles. The first-order chi connectivity index (χ1) is 15.2. The molecule has 1 aliphatic rings. The van der Waals surface area contributed by atoms with Crippen LogP contribution in [0.1, 0.15) is 76.6 Å². The third kappa shape index (κ3) is 4.75. The Morgan fingerprint density at radius 1 is 1.13 bits per heavy atom. The van der Waals surface area contributed by atoms with Crippen molar-refractivity contribution in [3.8, 4) is 11.4 Å². The van der Waals surface area contributed by atoms with Crippen LogP contribution < -0.4 is 11.5 Å². The quantitative estimate of drug-likeness (QED) is 0.283. The third-order valence-electron chi connectivity index (χ3n) is 6.37. The highest BCUT2D eigenvalue weighted by molar-refractivity contribution is 5.93. The fourth-order valence-electron chi connectivity index (χ4n) is 4.67. The molecule has 166 valence electrons. The molecule has 0 radical (unpaired) electrons. The van der Waals surface area contributed by atoms with Gasteiger partial charge in [0.1, 0.15) is 0 Å². The van der Waals surface area contributed by atoms with Crippen molar-refractivity contribution < 1.29 is 9.10 Å². The van der Waals surface area contributed by atoms with Crippen LogP contribution in [0, 0.1) is 0 Å². The minimum Gasteiger partial charge on any atom is -0.347 e. The van der Waals surface area contributed by atoms with E-state index in [4.69, 9.17) is 21.0 Å². The van der Waals surface area contributed by atoms with Crippen LogP contribution in [0.3, 0.4) is 0 Å². The Kier molecular flexibility index (Phi) is 6.89. The van der Waals surface area contributed by atoms with Crippen molar-refractivity contribution in [1.82, 2.24) is 14.7 Å². The summed E-state index contributed by atoms with van der Waals surface area (Å²) in [7, 11) is 0. The Balaban J connectivity index is 1.46. The van der Waals surface area contributed by atoms with Gasteiger partial charge in [0.15, 0.2) is 6.04 Å². The summed E-state index contributed by atoms with van der Waals surface area (Å²) in [6, 6.07) is 8.43. The van der Waals surface area contributed by atoms with Gasteiger partial charge >= 0.3 is 5.96 Å². The van der Waals surface area contributed by atoms with E-state index in [1.807, 2.05) is 4.58 Å². The van der Waals surface area contributed by atoms with E-state index in [0.717, 1.165) is 36.9 Å². The molecule has 7 heteroatoms. The normalized spacial score (nSPS) is 16.4. The van der Waals surface area contributed by atoms with E-state index in [0.29, 0.717) is 17.7 Å². The van der Waals surface area contributed by atoms with E-state index < -0.39 is 0 Å². The highest BCUT2D eigenvalue weighted by Gasteiger charge is 2.31. The molecule has 1 aliphatic heterocycles. The van der Waals surface area contributed by atoms with E-state index >= 15 is 0 Å². The zero-order chi connectivity index (χ0) is 21.6. The summed E-state index contributed by atoms with van der Waals surface area (Å²) in [5.74, 6) is 1.52. The topological polar surface area (TPSA) is 98.9 Å². The minimum absolute atomic E-state index is 0.0348. The molecule has 2 aromatic heterocycles. The van der Waals surface area contributed by atoms with Crippen LogP contribution in [-0.4, -0.2) is 31.8 Å². The average molecular weight is 424 g/mol. The number of hydrogen-bond acceptors (Lipinski definition) is 3. The van der Waals surface area contributed by atoms with Gasteiger partial charge in [-0.3, -0.25) is 16.0 Å². The lowest BCUT2D eigenvalue weighted by Crippen LogP contribution is -2.35. The molecule has 3 aromatic rings. The monoisotopic (exact) mass is 423 g/mol. The van der Waals surface area contributed by atoms with Crippen molar-refractivity contribution in [3.63, 3.8) is 0 Å². The van der Waals surface area contributed by atoms with Crippen molar-refractivity contribution in [2.45, 2.75) is 77.3 Å². The zero-order valence-electron chi connectivity index (χ0n) is 18.6. The number of unbranched alkanes of at least 4 members (excludes halogenated alkanes) is 6. The molecule has 0 amide bonds. The predicted molar refractivity (Wildman–Crippen MR) is 124 cm³/mol. The predicted octanol–water partition coefficient (Wildman–Crippen LogP) is 4.56. The summed E-state index contributed by atoms with van der Waals surface area (Å²) < 4.78 is 9.91. The summed E-state index contributed by atoms with van der Waals surface area (Å²) >= 11 is 0. The first-order valence-corrected chi connectivity index (χ1v) is 11.8. The van der Waals surface area contributed by atoms with Crippen LogP contribution in [0.2, 0.25) is 0 Å². The molecule has 0 bridgehead atoms. The van der Waals surface area contributed by atoms with E-state index in [2.05, 4.69) is 47.1 Å². The lowest BCUT2D eigenvalue weighted by atomic mass is 10.1. The Hall–Kier alpha value is -2.83. The number of aryl methyl sites for hydroxylation is 1. The molecule has 7 nitrogen and oxygen atoms in total. The van der Waals surface area contributed by atoms with Gasteiger partial charge in [0.2, 0.25) is 5.82 Å². The largest absolute Gasteiger partial charge is 0.347 e. The first kappa shape index (κ1) is 21.4. The summed E-state index contributed by atoms with van der Waals surface area (Å²) in [6.45, 7) is 4.13. The van der Waals surface area contributed by atoms with Crippen LogP contribution in [0.4, 0.5) is 0 Å². The highest BCUT2D eigenvalue weighted by Crippen LogP contribution is 2.31. The Morgan fingerprint density at radius 2 is 1.94 bits per heavy atom. The molecule has 4 rings (SSSR count). The second-order valence-electron chi connectivity index (χ2n) is 8.60. The maximum absolute atomic E-state index is 5.83. The van der Waals surface area contributed by atoms with Gasteiger partial charge in [0.05, 0.1) is 6.54 Å². The Labute approximate surface area is 184 Å². The van der Waals surface area contributed by atoms with E-state index in [-0.39, 0.29) is 6.04 Å². The van der Waals surface area contributed by atoms with E-state index in [1.165, 1.54) is 50.5 Å². The van der Waals surface area contributed by atoms with Crippen molar-refractivity contribution in [2.24, 2.45) is 11.5 Å². The van der Waals surface area contributed by atoms with Crippen molar-refractivity contribution >= 4 is 16.9 Å². The molecule has 4 N–H and O–H groups in total. The molecular formula is C24H35N6O+. The molecular weight excluding hydrogens is 388 g/mol. The van der Waals surface area contributed by atoms with Gasteiger partial charge in [-0.05, 0) is 31.4 Å². The molecule has 31 heavy (non-hydrogen) atoms. The smallest absolute Gasteiger partial charge is 0.341 e. The molecule has 1 atom stereocenters. The number of nitrogens with two attached hydrogens (primary N) is 2. The second-order valence-corrected chi connectivity index (χ2v) is 8.60. The van der Waals surface area contributed by atoms with E-state index in [1.54, 1.807) is 0 Å². The van der Waals surface area contributed by atoms with Crippen LogP contribution >= 0.6 is 0 Å². The van der Waals surface area contributed by atoms with Gasteiger partial charge in [0.25, 0.3) is 5.89 Å². The molecule has 1 aromatic carbocycles. The lowest BCUT2D eigenvalue weighted by molar-refractivity contribution is -0.555. The number of benzene rings is 1. The van der Waals surface area contributed by atoms with Gasteiger partial charge in [-0.15, -0.1) is 0 Å². The molecule has 3 heterocycles. The summed E-state index contributed by atoms with van der Waals surface area (Å²) in [4.78, 5) is 4.71. The van der Waals surface area contributed by atoms with Crippen molar-refractivity contribution in [2.75, 3.05) is 6.54 Å². The zero-order valence-corrected chi connectivity index (χ0v) is 18.6. The fraction of sp³-hybridized carbons (Fsp3) is 0.542. The SMILES string of the molecule is CCCCCCCCCn1ccc2c(-c3noc([C@@H]4CCC[N+]4=C(N)N)n3)cccc21. The summed E-state index contributed by atoms with van der Waals surface area (Å²) in [6.07, 6.45) is 13.3.